The molecule has 2 amide bonds. The van der Waals surface area contributed by atoms with E-state index in [1.54, 1.807) is 46.2 Å². The van der Waals surface area contributed by atoms with Crippen LogP contribution in [-0.2, 0) is 0 Å². The molecule has 1 saturated carbocycles. The molecule has 2 N–H and O–H groups in total. The first-order valence-electron chi connectivity index (χ1n) is 25.6. The molecule has 1 aliphatic carbocycles. The van der Waals surface area contributed by atoms with Gasteiger partial charge in [0.25, 0.3) is 11.8 Å². The van der Waals surface area contributed by atoms with E-state index in [0.29, 0.717) is 32.1 Å². The molecule has 3 aliphatic rings. The second-order valence-electron chi connectivity index (χ2n) is 22.9. The molecule has 6 rings (SSSR count). The van der Waals surface area contributed by atoms with Crippen LogP contribution in [0.4, 0.5) is 0 Å². The summed E-state index contributed by atoms with van der Waals surface area (Å²) in [6.07, 6.45) is 7.46. The summed E-state index contributed by atoms with van der Waals surface area (Å²) >= 11 is 0. The zero-order valence-corrected chi connectivity index (χ0v) is 44.4. The number of carboxylic acids is 2. The lowest BCUT2D eigenvalue weighted by Gasteiger charge is -2.38. The van der Waals surface area contributed by atoms with Crippen LogP contribution in [0, 0.1) is 40.4 Å². The fourth-order valence-corrected chi connectivity index (χ4v) is 10.0. The summed E-state index contributed by atoms with van der Waals surface area (Å²) in [5.41, 5.74) is 2.66. The van der Waals surface area contributed by atoms with Gasteiger partial charge in [0.1, 0.15) is 0 Å². The number of amides is 2. The van der Waals surface area contributed by atoms with Gasteiger partial charge < -0.3 is 20.0 Å². The minimum absolute atomic E-state index is 0.0737. The third kappa shape index (κ3) is 19.5. The quantitative estimate of drug-likeness (QED) is 0.195. The van der Waals surface area contributed by atoms with Gasteiger partial charge in [0.2, 0.25) is 0 Å². The number of carboxylic acid groups (broad SMARTS) is 2. The third-order valence-corrected chi connectivity index (χ3v) is 13.6. The molecule has 3 fully saturated rings. The Hall–Kier alpha value is -4.54. The van der Waals surface area contributed by atoms with Crippen molar-refractivity contribution < 1.29 is 29.4 Å². The number of hydrogen-bond acceptors (Lipinski definition) is 6. The maximum absolute atomic E-state index is 12.6. The number of rotatable bonds is 11. The van der Waals surface area contributed by atoms with Crippen LogP contribution in [0.2, 0.25) is 0 Å². The summed E-state index contributed by atoms with van der Waals surface area (Å²) in [6, 6.07) is 23.7. The average molecular weight is 939 g/mol. The number of hydrogen-bond donors (Lipinski definition) is 2. The molecule has 1 atom stereocenters. The molecule has 0 unspecified atom stereocenters. The van der Waals surface area contributed by atoms with Crippen LogP contribution >= 0.6 is 0 Å². The molecule has 10 heteroatoms. The van der Waals surface area contributed by atoms with Gasteiger partial charge in [0.15, 0.2) is 0 Å². The van der Waals surface area contributed by atoms with Crippen molar-refractivity contribution in [3.8, 4) is 0 Å². The Balaban J connectivity index is 0.000000250. The van der Waals surface area contributed by atoms with Crippen molar-refractivity contribution in [2.24, 2.45) is 40.4 Å². The third-order valence-electron chi connectivity index (χ3n) is 13.6. The fraction of sp³-hybridized carbons (Fsp3) is 0.621. The molecule has 0 spiro atoms. The monoisotopic (exact) mass is 939 g/mol. The van der Waals surface area contributed by atoms with Crippen LogP contribution in [0.1, 0.15) is 175 Å². The number of nitrogens with zero attached hydrogens (tertiary/aromatic N) is 4. The second-order valence-corrected chi connectivity index (χ2v) is 22.9. The van der Waals surface area contributed by atoms with Crippen molar-refractivity contribution in [1.82, 2.24) is 19.6 Å². The average Bonchev–Trinajstić information content (AvgIpc) is 3.29. The molecule has 2 saturated heterocycles. The highest BCUT2D eigenvalue weighted by Gasteiger charge is 2.29. The molecule has 68 heavy (non-hydrogen) atoms. The molecule has 3 aromatic carbocycles. The maximum Gasteiger partial charge on any atom is 0.336 e. The molecular weight excluding hydrogens is 849 g/mol. The summed E-state index contributed by atoms with van der Waals surface area (Å²) in [5.74, 6) is 2.54. The van der Waals surface area contributed by atoms with E-state index >= 15 is 0 Å². The van der Waals surface area contributed by atoms with Crippen molar-refractivity contribution in [1.29, 1.82) is 0 Å². The number of aromatic carboxylic acids is 2. The number of piperazine rings is 2. The lowest BCUT2D eigenvalue weighted by atomic mass is 9.76. The second kappa shape index (κ2) is 27.6. The van der Waals surface area contributed by atoms with Gasteiger partial charge in [-0.3, -0.25) is 19.4 Å². The first kappa shape index (κ1) is 57.8. The van der Waals surface area contributed by atoms with E-state index < -0.39 is 11.9 Å². The number of benzene rings is 3. The minimum atomic E-state index is -1.06. The molecule has 0 bridgehead atoms. The van der Waals surface area contributed by atoms with Gasteiger partial charge in [-0.2, -0.15) is 0 Å². The van der Waals surface area contributed by atoms with Gasteiger partial charge in [-0.25, -0.2) is 9.59 Å². The lowest BCUT2D eigenvalue weighted by molar-refractivity contribution is 0.0575. The van der Waals surface area contributed by atoms with Crippen LogP contribution in [-0.4, -0.2) is 119 Å². The van der Waals surface area contributed by atoms with Crippen molar-refractivity contribution >= 4 is 23.8 Å². The van der Waals surface area contributed by atoms with Gasteiger partial charge in [0, 0.05) is 65.4 Å². The van der Waals surface area contributed by atoms with Crippen molar-refractivity contribution in [3.05, 3.63) is 107 Å². The molecule has 378 valence electrons. The maximum atomic E-state index is 12.6. The molecule has 2 aliphatic heterocycles. The van der Waals surface area contributed by atoms with E-state index in [0.717, 1.165) is 68.9 Å². The summed E-state index contributed by atoms with van der Waals surface area (Å²) in [6.45, 7) is 37.5. The fourth-order valence-electron chi connectivity index (χ4n) is 10.0. The molecule has 0 radical (unpaired) electrons. The van der Waals surface area contributed by atoms with E-state index in [4.69, 9.17) is 0 Å². The minimum Gasteiger partial charge on any atom is -0.478 e. The first-order valence-corrected chi connectivity index (χ1v) is 25.6. The number of carbonyl (C=O) groups excluding carboxylic acids is 2. The van der Waals surface area contributed by atoms with Crippen molar-refractivity contribution in [2.75, 3.05) is 65.4 Å². The van der Waals surface area contributed by atoms with Crippen molar-refractivity contribution in [2.45, 2.75) is 128 Å². The Bertz CT molecular complexity index is 1870. The predicted molar refractivity (Wildman–Crippen MR) is 280 cm³/mol. The SMILES string of the molecule is CC(C)(C)CN1CCN(C(=O)c2ccccc2C(=O)O)CC1.CC(C)(C)CN1CCN(C(=O)c2ccccc2C(=O)O)CC1.CC(C)C(c1ccccc1)C(C)C.CC(C)[C@@H](C)C1CCCCC1. The van der Waals surface area contributed by atoms with E-state index in [1.807, 2.05) is 0 Å². The highest BCUT2D eigenvalue weighted by molar-refractivity contribution is 6.05. The summed E-state index contributed by atoms with van der Waals surface area (Å²) < 4.78 is 0. The van der Waals surface area contributed by atoms with Gasteiger partial charge in [-0.05, 0) is 76.2 Å². The van der Waals surface area contributed by atoms with Crippen LogP contribution in [0.15, 0.2) is 78.9 Å². The summed E-state index contributed by atoms with van der Waals surface area (Å²) in [7, 11) is 0. The Morgan fingerprint density at radius 1 is 0.485 bits per heavy atom. The molecule has 3 aromatic rings. The summed E-state index contributed by atoms with van der Waals surface area (Å²) in [4.78, 5) is 55.8. The Labute approximate surface area is 411 Å². The predicted octanol–water partition coefficient (Wildman–Crippen LogP) is 12.3. The zero-order valence-electron chi connectivity index (χ0n) is 44.4. The van der Waals surface area contributed by atoms with Crippen LogP contribution in [0.5, 0.6) is 0 Å². The molecule has 2 heterocycles. The topological polar surface area (TPSA) is 122 Å². The van der Waals surface area contributed by atoms with Gasteiger partial charge in [0.05, 0.1) is 22.3 Å². The highest BCUT2D eigenvalue weighted by Crippen LogP contribution is 2.34. The molecule has 0 aromatic heterocycles. The van der Waals surface area contributed by atoms with Crippen molar-refractivity contribution in [3.63, 3.8) is 0 Å². The zero-order chi connectivity index (χ0) is 50.8. The van der Waals surface area contributed by atoms with Gasteiger partial charge >= 0.3 is 11.9 Å². The van der Waals surface area contributed by atoms with Crippen LogP contribution in [0.25, 0.3) is 0 Å². The highest BCUT2D eigenvalue weighted by atomic mass is 16.4. The lowest BCUT2D eigenvalue weighted by Crippen LogP contribution is -2.50. The van der Waals surface area contributed by atoms with E-state index in [9.17, 15) is 29.4 Å². The van der Waals surface area contributed by atoms with E-state index in [1.165, 1.54) is 49.8 Å². The van der Waals surface area contributed by atoms with Gasteiger partial charge in [-0.15, -0.1) is 0 Å². The normalized spacial score (nSPS) is 16.8. The van der Waals surface area contributed by atoms with E-state index in [-0.39, 0.29) is 44.9 Å². The Morgan fingerprint density at radius 2 is 0.824 bits per heavy atom. The molecule has 10 nitrogen and oxygen atoms in total. The van der Waals surface area contributed by atoms with Crippen LogP contribution < -0.4 is 0 Å². The molecular formula is C58H90N4O6. The first-order chi connectivity index (χ1) is 31.9. The largest absolute Gasteiger partial charge is 0.478 e. The summed E-state index contributed by atoms with van der Waals surface area (Å²) in [5, 5.41) is 18.4. The standard InChI is InChI=1S/2C17H24N2O3.C13H20.C11H22/c2*1-17(2,3)12-18-8-10-19(11-9-18)15(20)13-6-4-5-7-14(13)16(21)22;1-10(2)13(11(3)4)12-8-6-5-7-9-12;1-9(2)10(3)11-7-5-4-6-8-11/h2*4-7H,8-12H2,1-3H3,(H,21,22);5-11,13H,1-4H3;9-11H,4-8H2,1-3H3/t;;;10-/m...1/s1. The number of carbonyl (C=O) groups is 4. The Morgan fingerprint density at radius 3 is 1.13 bits per heavy atom. The van der Waals surface area contributed by atoms with Crippen LogP contribution in [0.3, 0.4) is 0 Å². The smallest absolute Gasteiger partial charge is 0.336 e. The van der Waals surface area contributed by atoms with Gasteiger partial charge in [-0.1, -0.05) is 177 Å². The Kier molecular flexibility index (Phi) is 23.4. The van der Waals surface area contributed by atoms with E-state index in [2.05, 4.69) is 130 Å².